The molecule has 30 heavy (non-hydrogen) atoms. The van der Waals surface area contributed by atoms with Gasteiger partial charge in [-0.15, -0.1) is 0 Å². The van der Waals surface area contributed by atoms with Crippen LogP contribution in [0.2, 0.25) is 5.02 Å². The maximum Gasteiger partial charge on any atom is 0.416 e. The number of carbonyl (C=O) groups is 1. The number of rotatable bonds is 4. The largest absolute Gasteiger partial charge is 0.506 e. The summed E-state index contributed by atoms with van der Waals surface area (Å²) < 4.78 is 40.1. The molecule has 9 heteroatoms. The number of hydrazone groups is 1. The number of benzene rings is 2. The van der Waals surface area contributed by atoms with Gasteiger partial charge in [-0.2, -0.15) is 18.3 Å². The zero-order valence-corrected chi connectivity index (χ0v) is 16.7. The van der Waals surface area contributed by atoms with Crippen LogP contribution in [0, 0.1) is 13.8 Å². The molecule has 0 aliphatic carbocycles. The Bertz CT molecular complexity index is 1120. The minimum absolute atomic E-state index is 0.0479. The van der Waals surface area contributed by atoms with Crippen LogP contribution in [-0.4, -0.2) is 21.8 Å². The number of nitrogens with one attached hydrogen (secondary N) is 1. The fraction of sp³-hybridized carbons (Fsp3) is 0.143. The number of alkyl halides is 3. The molecule has 5 nitrogen and oxygen atoms in total. The number of amides is 1. The Morgan fingerprint density at radius 1 is 1.13 bits per heavy atom. The van der Waals surface area contributed by atoms with Gasteiger partial charge in [0.1, 0.15) is 5.75 Å². The Labute approximate surface area is 175 Å². The number of hydrogen-bond acceptors (Lipinski definition) is 3. The molecule has 1 amide bonds. The van der Waals surface area contributed by atoms with E-state index in [0.29, 0.717) is 11.3 Å². The number of phenols is 1. The minimum Gasteiger partial charge on any atom is -0.506 e. The first kappa shape index (κ1) is 21.4. The second kappa shape index (κ2) is 8.23. The number of carbonyl (C=O) groups excluding carboxylic acids is 1. The first-order valence-electron chi connectivity index (χ1n) is 8.76. The highest BCUT2D eigenvalue weighted by molar-refractivity contribution is 6.32. The van der Waals surface area contributed by atoms with E-state index in [1.54, 1.807) is 17.6 Å². The lowest BCUT2D eigenvalue weighted by Gasteiger charge is -2.12. The van der Waals surface area contributed by atoms with Gasteiger partial charge in [-0.3, -0.25) is 4.79 Å². The van der Waals surface area contributed by atoms with Crippen LogP contribution in [0.5, 0.6) is 5.75 Å². The summed E-state index contributed by atoms with van der Waals surface area (Å²) >= 11 is 5.79. The van der Waals surface area contributed by atoms with Crippen molar-refractivity contribution in [3.63, 3.8) is 0 Å². The molecular formula is C21H17ClF3N3O2. The molecule has 0 fully saturated rings. The lowest BCUT2D eigenvalue weighted by atomic mass is 10.2. The van der Waals surface area contributed by atoms with Crippen molar-refractivity contribution in [2.24, 2.45) is 5.10 Å². The van der Waals surface area contributed by atoms with E-state index in [9.17, 15) is 23.1 Å². The van der Waals surface area contributed by atoms with Gasteiger partial charge in [0.25, 0.3) is 5.91 Å². The number of phenolic OH excluding ortho intramolecular Hbond substituents is 1. The minimum atomic E-state index is -4.39. The van der Waals surface area contributed by atoms with Crippen LogP contribution in [0.4, 0.5) is 13.2 Å². The normalized spacial score (nSPS) is 11.8. The second-order valence-electron chi connectivity index (χ2n) is 6.57. The standard InChI is InChI=1S/C21H17ClF3N3O2/c1-12-9-15(11-26-27-20(30)14-3-8-19(29)18(22)10-14)13(2)28(12)17-6-4-16(5-7-17)21(23,24)25/h3-11,29H,1-2H3,(H,27,30). The maximum absolute atomic E-state index is 12.8. The van der Waals surface area contributed by atoms with Crippen LogP contribution >= 0.6 is 11.6 Å². The highest BCUT2D eigenvalue weighted by atomic mass is 35.5. The molecule has 0 saturated heterocycles. The summed E-state index contributed by atoms with van der Waals surface area (Å²) in [7, 11) is 0. The van der Waals surface area contributed by atoms with Crippen molar-refractivity contribution in [3.05, 3.63) is 81.6 Å². The average molecular weight is 436 g/mol. The molecule has 2 N–H and O–H groups in total. The van der Waals surface area contributed by atoms with Crippen LogP contribution in [0.3, 0.4) is 0 Å². The highest BCUT2D eigenvalue weighted by Crippen LogP contribution is 2.30. The summed E-state index contributed by atoms with van der Waals surface area (Å²) in [6.45, 7) is 3.62. The molecule has 0 atom stereocenters. The molecule has 0 saturated carbocycles. The van der Waals surface area contributed by atoms with E-state index in [4.69, 9.17) is 11.6 Å². The number of aromatic nitrogens is 1. The maximum atomic E-state index is 12.8. The molecule has 0 spiro atoms. The summed E-state index contributed by atoms with van der Waals surface area (Å²) in [6.07, 6.45) is -2.94. The first-order valence-corrected chi connectivity index (χ1v) is 9.14. The molecule has 156 valence electrons. The van der Waals surface area contributed by atoms with E-state index in [2.05, 4.69) is 10.5 Å². The van der Waals surface area contributed by atoms with Crippen molar-refractivity contribution < 1.29 is 23.1 Å². The fourth-order valence-electron chi connectivity index (χ4n) is 2.99. The van der Waals surface area contributed by atoms with Gasteiger partial charge in [0, 0.05) is 28.2 Å². The van der Waals surface area contributed by atoms with Crippen molar-refractivity contribution in [3.8, 4) is 11.4 Å². The SMILES string of the molecule is Cc1cc(C=NNC(=O)c2ccc(O)c(Cl)c2)c(C)n1-c1ccc(C(F)(F)F)cc1. The van der Waals surface area contributed by atoms with Crippen molar-refractivity contribution in [1.29, 1.82) is 0 Å². The summed E-state index contributed by atoms with van der Waals surface area (Å²) in [5.41, 5.74) is 4.70. The van der Waals surface area contributed by atoms with Gasteiger partial charge in [0.05, 0.1) is 16.8 Å². The van der Waals surface area contributed by atoms with E-state index < -0.39 is 17.6 Å². The first-order chi connectivity index (χ1) is 14.1. The smallest absolute Gasteiger partial charge is 0.416 e. The molecule has 1 aromatic heterocycles. The third-order valence-corrected chi connectivity index (χ3v) is 4.81. The predicted molar refractivity (Wildman–Crippen MR) is 108 cm³/mol. The average Bonchev–Trinajstić information content (AvgIpc) is 2.96. The molecule has 1 heterocycles. The van der Waals surface area contributed by atoms with Crippen molar-refractivity contribution >= 4 is 23.7 Å². The topological polar surface area (TPSA) is 66.6 Å². The summed E-state index contributed by atoms with van der Waals surface area (Å²) in [6, 6.07) is 10.7. The molecule has 0 aliphatic heterocycles. The van der Waals surface area contributed by atoms with Crippen molar-refractivity contribution in [1.82, 2.24) is 9.99 Å². The van der Waals surface area contributed by atoms with Crippen LogP contribution in [0.1, 0.15) is 32.9 Å². The number of hydrogen-bond donors (Lipinski definition) is 2. The number of nitrogens with zero attached hydrogens (tertiary/aromatic N) is 2. The molecule has 2 aromatic carbocycles. The Balaban J connectivity index is 1.78. The number of aromatic hydroxyl groups is 1. The lowest BCUT2D eigenvalue weighted by Crippen LogP contribution is -2.17. The Kier molecular flexibility index (Phi) is 5.89. The third-order valence-electron chi connectivity index (χ3n) is 4.50. The van der Waals surface area contributed by atoms with Gasteiger partial charge in [-0.05, 0) is 62.4 Å². The lowest BCUT2D eigenvalue weighted by molar-refractivity contribution is -0.137. The van der Waals surface area contributed by atoms with Gasteiger partial charge in [0.2, 0.25) is 0 Å². The monoisotopic (exact) mass is 435 g/mol. The van der Waals surface area contributed by atoms with Crippen LogP contribution in [0.25, 0.3) is 5.69 Å². The van der Waals surface area contributed by atoms with E-state index in [1.165, 1.54) is 36.5 Å². The summed E-state index contributed by atoms with van der Waals surface area (Å²) in [4.78, 5) is 12.1. The van der Waals surface area contributed by atoms with E-state index >= 15 is 0 Å². The van der Waals surface area contributed by atoms with E-state index in [-0.39, 0.29) is 16.3 Å². The van der Waals surface area contributed by atoms with Crippen molar-refractivity contribution in [2.45, 2.75) is 20.0 Å². The second-order valence-corrected chi connectivity index (χ2v) is 6.98. The number of aryl methyl sites for hydroxylation is 1. The summed E-state index contributed by atoms with van der Waals surface area (Å²) in [5.74, 6) is -0.642. The predicted octanol–water partition coefficient (Wildman–Crippen LogP) is 5.24. The van der Waals surface area contributed by atoms with Crippen molar-refractivity contribution in [2.75, 3.05) is 0 Å². The molecule has 0 bridgehead atoms. The third kappa shape index (κ3) is 4.49. The van der Waals surface area contributed by atoms with Crippen LogP contribution < -0.4 is 5.43 Å². The van der Waals surface area contributed by atoms with Gasteiger partial charge >= 0.3 is 6.18 Å². The van der Waals surface area contributed by atoms with E-state index in [0.717, 1.165) is 23.5 Å². The zero-order valence-electron chi connectivity index (χ0n) is 16.0. The molecule has 0 unspecified atom stereocenters. The molecule has 0 radical (unpaired) electrons. The van der Waals surface area contributed by atoms with Gasteiger partial charge in [-0.1, -0.05) is 11.6 Å². The molecule has 3 aromatic rings. The van der Waals surface area contributed by atoms with Gasteiger partial charge in [0.15, 0.2) is 0 Å². The Morgan fingerprint density at radius 3 is 2.40 bits per heavy atom. The zero-order chi connectivity index (χ0) is 22.1. The van der Waals surface area contributed by atoms with Gasteiger partial charge < -0.3 is 9.67 Å². The van der Waals surface area contributed by atoms with Gasteiger partial charge in [-0.25, -0.2) is 5.43 Å². The highest BCUT2D eigenvalue weighted by Gasteiger charge is 2.30. The van der Waals surface area contributed by atoms with Crippen LogP contribution in [-0.2, 0) is 6.18 Å². The molecule has 3 rings (SSSR count). The number of halogens is 4. The Morgan fingerprint density at radius 2 is 1.80 bits per heavy atom. The summed E-state index contributed by atoms with van der Waals surface area (Å²) in [5, 5.41) is 13.4. The Hall–Kier alpha value is -3.26. The molecule has 0 aliphatic rings. The quantitative estimate of drug-likeness (QED) is 0.435. The fourth-order valence-corrected chi connectivity index (χ4v) is 3.17. The van der Waals surface area contributed by atoms with E-state index in [1.807, 2.05) is 6.92 Å². The molecular weight excluding hydrogens is 419 g/mol. The van der Waals surface area contributed by atoms with Crippen LogP contribution in [0.15, 0.2) is 53.6 Å².